The van der Waals surface area contributed by atoms with Gasteiger partial charge >= 0.3 is 0 Å². The zero-order chi connectivity index (χ0) is 17.8. The zero-order valence-electron chi connectivity index (χ0n) is 13.9. The number of fused-ring (bicyclic) bond motifs is 1. The Bertz CT molecular complexity index is 1000. The Hall–Kier alpha value is -3.61. The molecule has 7 nitrogen and oxygen atoms in total. The number of para-hydroxylation sites is 1. The zero-order valence-corrected chi connectivity index (χ0v) is 13.9. The molecule has 0 aliphatic heterocycles. The number of anilines is 1. The first-order chi connectivity index (χ1) is 12.8. The average Bonchev–Trinajstić information content (AvgIpc) is 3.21. The summed E-state index contributed by atoms with van der Waals surface area (Å²) >= 11 is 0. The highest BCUT2D eigenvalue weighted by atomic mass is 16.5. The number of nitrogens with zero attached hydrogens (tertiary/aromatic N) is 4. The van der Waals surface area contributed by atoms with Crippen LogP contribution >= 0.6 is 0 Å². The molecule has 0 radical (unpaired) electrons. The van der Waals surface area contributed by atoms with Crippen LogP contribution in [0.3, 0.4) is 0 Å². The maximum atomic E-state index is 9.80. The number of imidazole rings is 1. The van der Waals surface area contributed by atoms with Crippen molar-refractivity contribution in [3.05, 3.63) is 67.3 Å². The fourth-order valence-corrected chi connectivity index (χ4v) is 2.59. The van der Waals surface area contributed by atoms with E-state index in [1.165, 1.54) is 0 Å². The van der Waals surface area contributed by atoms with Crippen LogP contribution in [0.1, 0.15) is 0 Å². The number of aromatic hydroxyl groups is 1. The van der Waals surface area contributed by atoms with Gasteiger partial charge in [0.05, 0.1) is 12.1 Å². The fourth-order valence-electron chi connectivity index (χ4n) is 2.59. The van der Waals surface area contributed by atoms with Gasteiger partial charge in [0, 0.05) is 17.8 Å². The van der Waals surface area contributed by atoms with Crippen LogP contribution in [-0.4, -0.2) is 37.8 Å². The van der Waals surface area contributed by atoms with E-state index in [0.29, 0.717) is 24.9 Å². The number of nitrogens with one attached hydrogen (secondary N) is 1. The van der Waals surface area contributed by atoms with Crippen LogP contribution in [-0.2, 0) is 0 Å². The molecule has 26 heavy (non-hydrogen) atoms. The number of phenols is 1. The minimum atomic E-state index is 0.167. The van der Waals surface area contributed by atoms with Crippen LogP contribution in [0.5, 0.6) is 11.5 Å². The maximum absolute atomic E-state index is 9.80. The number of hydrogen-bond acceptors (Lipinski definition) is 6. The highest BCUT2D eigenvalue weighted by molar-refractivity contribution is 5.90. The van der Waals surface area contributed by atoms with Gasteiger partial charge in [-0.1, -0.05) is 18.2 Å². The standard InChI is InChI=1S/C19H17N5O2/c25-14-6-7-17-16(12-14)18(23-19(22-17)24-10-8-20-13-24)21-9-11-26-15-4-2-1-3-5-15/h1-8,10,12-13,25H,9,11H2,(H,21,22,23). The van der Waals surface area contributed by atoms with Gasteiger partial charge in [0.25, 0.3) is 0 Å². The molecule has 4 rings (SSSR count). The molecular formula is C19H17N5O2. The van der Waals surface area contributed by atoms with Gasteiger partial charge in [-0.3, -0.25) is 4.57 Å². The lowest BCUT2D eigenvalue weighted by molar-refractivity contribution is 0.333. The van der Waals surface area contributed by atoms with Crippen LogP contribution in [0.2, 0.25) is 0 Å². The number of benzene rings is 2. The first kappa shape index (κ1) is 15.9. The molecule has 0 aliphatic rings. The monoisotopic (exact) mass is 347 g/mol. The largest absolute Gasteiger partial charge is 0.508 e. The van der Waals surface area contributed by atoms with Gasteiger partial charge in [-0.05, 0) is 30.3 Å². The molecule has 2 N–H and O–H groups in total. The maximum Gasteiger partial charge on any atom is 0.237 e. The van der Waals surface area contributed by atoms with Gasteiger partial charge in [-0.15, -0.1) is 0 Å². The molecule has 0 fully saturated rings. The van der Waals surface area contributed by atoms with Crippen molar-refractivity contribution in [2.45, 2.75) is 0 Å². The van der Waals surface area contributed by atoms with Gasteiger partial charge in [0.15, 0.2) is 0 Å². The van der Waals surface area contributed by atoms with Crippen molar-refractivity contribution in [1.29, 1.82) is 0 Å². The third-order valence-corrected chi connectivity index (χ3v) is 3.81. The smallest absolute Gasteiger partial charge is 0.237 e. The van der Waals surface area contributed by atoms with Gasteiger partial charge in [0.2, 0.25) is 5.95 Å². The van der Waals surface area contributed by atoms with E-state index < -0.39 is 0 Å². The molecule has 4 aromatic rings. The van der Waals surface area contributed by atoms with E-state index in [2.05, 4.69) is 20.3 Å². The second-order valence-corrected chi connectivity index (χ2v) is 5.63. The Balaban J connectivity index is 1.57. The van der Waals surface area contributed by atoms with Gasteiger partial charge in [0.1, 0.15) is 30.3 Å². The lowest BCUT2D eigenvalue weighted by atomic mass is 10.2. The average molecular weight is 347 g/mol. The summed E-state index contributed by atoms with van der Waals surface area (Å²) in [6.07, 6.45) is 5.10. The summed E-state index contributed by atoms with van der Waals surface area (Å²) in [6, 6.07) is 14.6. The number of ether oxygens (including phenoxy) is 1. The molecule has 7 heteroatoms. The fraction of sp³-hybridized carbons (Fsp3) is 0.105. The van der Waals surface area contributed by atoms with E-state index in [4.69, 9.17) is 4.74 Å². The van der Waals surface area contributed by atoms with Crippen LogP contribution < -0.4 is 10.1 Å². The van der Waals surface area contributed by atoms with Crippen LogP contribution in [0.15, 0.2) is 67.3 Å². The van der Waals surface area contributed by atoms with E-state index in [0.717, 1.165) is 16.7 Å². The molecule has 2 aromatic heterocycles. The molecule has 0 bridgehead atoms. The number of phenolic OH excluding ortho intramolecular Hbond substituents is 1. The minimum Gasteiger partial charge on any atom is -0.508 e. The Kier molecular flexibility index (Phi) is 4.34. The summed E-state index contributed by atoms with van der Waals surface area (Å²) in [6.45, 7) is 1.04. The molecule has 0 spiro atoms. The van der Waals surface area contributed by atoms with Crippen LogP contribution in [0, 0.1) is 0 Å². The molecule has 0 saturated heterocycles. The summed E-state index contributed by atoms with van der Waals surface area (Å²) in [5.41, 5.74) is 0.730. The number of hydrogen-bond donors (Lipinski definition) is 2. The van der Waals surface area contributed by atoms with Crippen molar-refractivity contribution in [3.8, 4) is 17.4 Å². The summed E-state index contributed by atoms with van der Waals surface area (Å²) in [5.74, 6) is 2.12. The van der Waals surface area contributed by atoms with E-state index in [1.807, 2.05) is 30.3 Å². The van der Waals surface area contributed by atoms with E-state index >= 15 is 0 Å². The molecule has 0 saturated carbocycles. The summed E-state index contributed by atoms with van der Waals surface area (Å²) in [4.78, 5) is 13.1. The Morgan fingerprint density at radius 1 is 1.08 bits per heavy atom. The Morgan fingerprint density at radius 3 is 2.77 bits per heavy atom. The summed E-state index contributed by atoms with van der Waals surface area (Å²) in [7, 11) is 0. The van der Waals surface area contributed by atoms with Crippen molar-refractivity contribution < 1.29 is 9.84 Å². The molecule has 0 unspecified atom stereocenters. The van der Waals surface area contributed by atoms with Crippen molar-refractivity contribution in [2.24, 2.45) is 0 Å². The quantitative estimate of drug-likeness (QED) is 0.522. The van der Waals surface area contributed by atoms with Crippen molar-refractivity contribution >= 4 is 16.7 Å². The highest BCUT2D eigenvalue weighted by Crippen LogP contribution is 2.25. The van der Waals surface area contributed by atoms with Crippen LogP contribution in [0.4, 0.5) is 5.82 Å². The topological polar surface area (TPSA) is 85.1 Å². The number of aromatic nitrogens is 4. The summed E-state index contributed by atoms with van der Waals surface area (Å²) < 4.78 is 7.43. The molecule has 0 atom stereocenters. The van der Waals surface area contributed by atoms with E-state index in [9.17, 15) is 5.11 Å². The predicted octanol–water partition coefficient (Wildman–Crippen LogP) is 3.01. The molecule has 130 valence electrons. The molecule has 0 amide bonds. The second-order valence-electron chi connectivity index (χ2n) is 5.63. The lowest BCUT2D eigenvalue weighted by Crippen LogP contribution is -2.14. The molecule has 0 aliphatic carbocycles. The number of rotatable bonds is 6. The first-order valence-electron chi connectivity index (χ1n) is 8.20. The van der Waals surface area contributed by atoms with Crippen molar-refractivity contribution in [3.63, 3.8) is 0 Å². The molecule has 2 heterocycles. The minimum absolute atomic E-state index is 0.167. The van der Waals surface area contributed by atoms with Gasteiger partial charge in [-0.25, -0.2) is 9.97 Å². The third kappa shape index (κ3) is 3.41. The first-order valence-corrected chi connectivity index (χ1v) is 8.20. The van der Waals surface area contributed by atoms with Gasteiger partial charge in [-0.2, -0.15) is 4.98 Å². The van der Waals surface area contributed by atoms with Crippen molar-refractivity contribution in [1.82, 2.24) is 19.5 Å². The van der Waals surface area contributed by atoms with Crippen molar-refractivity contribution in [2.75, 3.05) is 18.5 Å². The summed E-state index contributed by atoms with van der Waals surface area (Å²) in [5, 5.41) is 13.8. The normalized spacial score (nSPS) is 10.8. The third-order valence-electron chi connectivity index (χ3n) is 3.81. The van der Waals surface area contributed by atoms with Crippen LogP contribution in [0.25, 0.3) is 16.9 Å². The van der Waals surface area contributed by atoms with E-state index in [1.54, 1.807) is 41.5 Å². The van der Waals surface area contributed by atoms with Gasteiger partial charge < -0.3 is 15.2 Å². The lowest BCUT2D eigenvalue weighted by Gasteiger charge is -2.12. The SMILES string of the molecule is Oc1ccc2nc(-n3ccnc3)nc(NCCOc3ccccc3)c2c1. The molecular weight excluding hydrogens is 330 g/mol. The predicted molar refractivity (Wildman–Crippen MR) is 98.8 cm³/mol. The highest BCUT2D eigenvalue weighted by Gasteiger charge is 2.10. The Labute approximate surface area is 149 Å². The van der Waals surface area contributed by atoms with E-state index in [-0.39, 0.29) is 5.75 Å². The Morgan fingerprint density at radius 2 is 1.96 bits per heavy atom. The molecule has 2 aromatic carbocycles. The second kappa shape index (κ2) is 7.10.